The second-order valence-corrected chi connectivity index (χ2v) is 4.67. The standard InChI is InChI=1S/C14H19ClO2/c1-5-13(16)12-8-10(15)7-11(9(3)4)14(12)17-6-2/h7-9H,5-6H2,1-4H3. The molecule has 0 N–H and O–H groups in total. The third-order valence-electron chi connectivity index (χ3n) is 2.61. The molecule has 0 unspecified atom stereocenters. The number of ketones is 1. The fourth-order valence-electron chi connectivity index (χ4n) is 1.75. The van der Waals surface area contributed by atoms with Crippen LogP contribution in [0.4, 0.5) is 0 Å². The van der Waals surface area contributed by atoms with Crippen LogP contribution < -0.4 is 4.74 Å². The number of ether oxygens (including phenoxy) is 1. The van der Waals surface area contributed by atoms with Crippen molar-refractivity contribution in [2.75, 3.05) is 6.61 Å². The monoisotopic (exact) mass is 254 g/mol. The summed E-state index contributed by atoms with van der Waals surface area (Å²) in [5.74, 6) is 1.04. The number of hydrogen-bond donors (Lipinski definition) is 0. The molecule has 0 aliphatic rings. The summed E-state index contributed by atoms with van der Waals surface area (Å²) in [7, 11) is 0. The molecule has 0 fully saturated rings. The Bertz CT molecular complexity index is 411. The summed E-state index contributed by atoms with van der Waals surface area (Å²) in [6.07, 6.45) is 0.456. The first kappa shape index (κ1) is 14.0. The molecule has 0 amide bonds. The maximum Gasteiger partial charge on any atom is 0.166 e. The number of Topliss-reactive ketones (excluding diaryl/α,β-unsaturated/α-hetero) is 1. The lowest BCUT2D eigenvalue weighted by Crippen LogP contribution is -2.07. The van der Waals surface area contributed by atoms with Gasteiger partial charge in [0.15, 0.2) is 5.78 Å². The van der Waals surface area contributed by atoms with E-state index < -0.39 is 0 Å². The van der Waals surface area contributed by atoms with Crippen molar-refractivity contribution in [3.8, 4) is 5.75 Å². The number of carbonyl (C=O) groups is 1. The highest BCUT2D eigenvalue weighted by molar-refractivity contribution is 6.31. The molecule has 0 atom stereocenters. The number of hydrogen-bond acceptors (Lipinski definition) is 2. The van der Waals surface area contributed by atoms with Crippen molar-refractivity contribution in [1.82, 2.24) is 0 Å². The van der Waals surface area contributed by atoms with Crippen LogP contribution in [0.3, 0.4) is 0 Å². The quantitative estimate of drug-likeness (QED) is 0.726. The van der Waals surface area contributed by atoms with Crippen molar-refractivity contribution in [1.29, 1.82) is 0 Å². The van der Waals surface area contributed by atoms with Gasteiger partial charge in [-0.2, -0.15) is 0 Å². The van der Waals surface area contributed by atoms with Crippen LogP contribution in [-0.2, 0) is 0 Å². The minimum absolute atomic E-state index is 0.0675. The molecule has 1 aromatic rings. The predicted octanol–water partition coefficient (Wildman–Crippen LogP) is 4.45. The first-order valence-electron chi connectivity index (χ1n) is 6.00. The van der Waals surface area contributed by atoms with Gasteiger partial charge in [-0.05, 0) is 30.5 Å². The van der Waals surface area contributed by atoms with Gasteiger partial charge < -0.3 is 4.74 Å². The molecule has 2 nitrogen and oxygen atoms in total. The maximum atomic E-state index is 11.9. The molecule has 0 aliphatic heterocycles. The highest BCUT2D eigenvalue weighted by Gasteiger charge is 2.18. The minimum atomic E-state index is 0.0675. The summed E-state index contributed by atoms with van der Waals surface area (Å²) < 4.78 is 5.63. The zero-order valence-electron chi connectivity index (χ0n) is 10.8. The van der Waals surface area contributed by atoms with Gasteiger partial charge in [-0.3, -0.25) is 4.79 Å². The second kappa shape index (κ2) is 6.06. The maximum absolute atomic E-state index is 11.9. The largest absolute Gasteiger partial charge is 0.493 e. The third-order valence-corrected chi connectivity index (χ3v) is 2.83. The van der Waals surface area contributed by atoms with Gasteiger partial charge in [0, 0.05) is 11.4 Å². The third kappa shape index (κ3) is 3.22. The van der Waals surface area contributed by atoms with Crippen molar-refractivity contribution in [3.63, 3.8) is 0 Å². The molecule has 0 aromatic heterocycles. The van der Waals surface area contributed by atoms with Crippen LogP contribution in [0.1, 0.15) is 56.0 Å². The van der Waals surface area contributed by atoms with Crippen molar-refractivity contribution in [3.05, 3.63) is 28.3 Å². The van der Waals surface area contributed by atoms with Crippen LogP contribution >= 0.6 is 11.6 Å². The highest BCUT2D eigenvalue weighted by atomic mass is 35.5. The van der Waals surface area contributed by atoms with Crippen molar-refractivity contribution in [2.24, 2.45) is 0 Å². The van der Waals surface area contributed by atoms with E-state index in [1.54, 1.807) is 6.07 Å². The SMILES string of the molecule is CCOc1c(C(=O)CC)cc(Cl)cc1C(C)C. The van der Waals surface area contributed by atoms with Crippen molar-refractivity contribution >= 4 is 17.4 Å². The van der Waals surface area contributed by atoms with Crippen LogP contribution in [0.25, 0.3) is 0 Å². The lowest BCUT2D eigenvalue weighted by molar-refractivity contribution is 0.0984. The average Bonchev–Trinajstić information content (AvgIpc) is 2.29. The molecular formula is C14H19ClO2. The van der Waals surface area contributed by atoms with Crippen molar-refractivity contribution < 1.29 is 9.53 Å². The molecule has 17 heavy (non-hydrogen) atoms. The zero-order valence-corrected chi connectivity index (χ0v) is 11.6. The van der Waals surface area contributed by atoms with E-state index in [2.05, 4.69) is 13.8 Å². The van der Waals surface area contributed by atoms with Gasteiger partial charge >= 0.3 is 0 Å². The van der Waals surface area contributed by atoms with Crippen LogP contribution in [0.15, 0.2) is 12.1 Å². The van der Waals surface area contributed by atoms with Crippen LogP contribution in [-0.4, -0.2) is 12.4 Å². The number of halogens is 1. The summed E-state index contributed by atoms with van der Waals surface area (Å²) in [4.78, 5) is 11.9. The predicted molar refractivity (Wildman–Crippen MR) is 71.3 cm³/mol. The van der Waals surface area contributed by atoms with E-state index >= 15 is 0 Å². The van der Waals surface area contributed by atoms with E-state index in [0.717, 1.165) is 5.56 Å². The summed E-state index contributed by atoms with van der Waals surface area (Å²) in [6, 6.07) is 3.58. The molecule has 94 valence electrons. The van der Waals surface area contributed by atoms with Gasteiger partial charge in [-0.15, -0.1) is 0 Å². The van der Waals surface area contributed by atoms with E-state index in [0.29, 0.717) is 29.4 Å². The lowest BCUT2D eigenvalue weighted by Gasteiger charge is -2.17. The Morgan fingerprint density at radius 2 is 2.00 bits per heavy atom. The number of rotatable bonds is 5. The molecule has 0 saturated carbocycles. The summed E-state index contributed by atoms with van der Waals surface area (Å²) in [5, 5.41) is 0.592. The Balaban J connectivity index is 3.40. The highest BCUT2D eigenvalue weighted by Crippen LogP contribution is 2.34. The molecular weight excluding hydrogens is 236 g/mol. The molecule has 0 spiro atoms. The fraction of sp³-hybridized carbons (Fsp3) is 0.500. The molecule has 0 bridgehead atoms. The normalized spacial score (nSPS) is 10.7. The first-order chi connectivity index (χ1) is 8.01. The minimum Gasteiger partial charge on any atom is -0.493 e. The summed E-state index contributed by atoms with van der Waals surface area (Å²) in [6.45, 7) is 8.43. The first-order valence-corrected chi connectivity index (χ1v) is 6.38. The molecule has 0 radical (unpaired) electrons. The zero-order chi connectivity index (χ0) is 13.0. The Morgan fingerprint density at radius 1 is 1.35 bits per heavy atom. The Labute approximate surface area is 108 Å². The van der Waals surface area contributed by atoms with Crippen LogP contribution in [0.2, 0.25) is 5.02 Å². The van der Waals surface area contributed by atoms with E-state index in [4.69, 9.17) is 16.3 Å². The fourth-order valence-corrected chi connectivity index (χ4v) is 1.97. The van der Waals surface area contributed by atoms with Gasteiger partial charge in [-0.25, -0.2) is 0 Å². The van der Waals surface area contributed by atoms with E-state index in [-0.39, 0.29) is 11.7 Å². The smallest absolute Gasteiger partial charge is 0.166 e. The van der Waals surface area contributed by atoms with E-state index in [1.807, 2.05) is 19.9 Å². The van der Waals surface area contributed by atoms with Crippen molar-refractivity contribution in [2.45, 2.75) is 40.0 Å². The number of benzene rings is 1. The summed E-state index contributed by atoms with van der Waals surface area (Å²) in [5.41, 5.74) is 1.60. The molecule has 0 heterocycles. The molecule has 0 saturated heterocycles. The topological polar surface area (TPSA) is 26.3 Å². The molecule has 0 aliphatic carbocycles. The summed E-state index contributed by atoms with van der Waals surface area (Å²) >= 11 is 6.06. The van der Waals surface area contributed by atoms with Gasteiger partial charge in [0.2, 0.25) is 0 Å². The van der Waals surface area contributed by atoms with Gasteiger partial charge in [0.05, 0.1) is 12.2 Å². The molecule has 1 aromatic carbocycles. The number of carbonyl (C=O) groups excluding carboxylic acids is 1. The molecule has 1 rings (SSSR count). The lowest BCUT2D eigenvalue weighted by atomic mass is 9.96. The Morgan fingerprint density at radius 3 is 2.47 bits per heavy atom. The average molecular weight is 255 g/mol. The Kier molecular flexibility index (Phi) is 5.01. The Hall–Kier alpha value is -1.02. The van der Waals surface area contributed by atoms with Gasteiger partial charge in [0.25, 0.3) is 0 Å². The van der Waals surface area contributed by atoms with E-state index in [9.17, 15) is 4.79 Å². The van der Waals surface area contributed by atoms with Gasteiger partial charge in [0.1, 0.15) is 5.75 Å². The second-order valence-electron chi connectivity index (χ2n) is 4.24. The van der Waals surface area contributed by atoms with E-state index in [1.165, 1.54) is 0 Å². The van der Waals surface area contributed by atoms with Crippen LogP contribution in [0.5, 0.6) is 5.75 Å². The van der Waals surface area contributed by atoms with Gasteiger partial charge in [-0.1, -0.05) is 32.4 Å². The molecule has 3 heteroatoms. The van der Waals surface area contributed by atoms with Crippen LogP contribution in [0, 0.1) is 0 Å².